The zero-order valence-corrected chi connectivity index (χ0v) is 15.9. The third kappa shape index (κ3) is 3.92. The first-order chi connectivity index (χ1) is 13.6. The van der Waals surface area contributed by atoms with E-state index in [2.05, 4.69) is 75.6 Å². The number of rotatable bonds is 5. The topological polar surface area (TPSA) is 83.7 Å². The number of hydrogen-bond acceptors (Lipinski definition) is 5. The Morgan fingerprint density at radius 3 is 2.79 bits per heavy atom. The number of aromatic amines is 1. The molecule has 2 aromatic heterocycles. The first-order valence-corrected chi connectivity index (χ1v) is 9.07. The summed E-state index contributed by atoms with van der Waals surface area (Å²) in [7, 11) is 4.14. The van der Waals surface area contributed by atoms with E-state index in [1.165, 1.54) is 5.56 Å². The summed E-state index contributed by atoms with van der Waals surface area (Å²) in [5.41, 5.74) is 11.8. The minimum Gasteiger partial charge on any atom is -0.368 e. The normalized spacial score (nSPS) is 11.7. The molecule has 0 saturated heterocycles. The zero-order valence-electron chi connectivity index (χ0n) is 15.9. The SMILES string of the molecule is CN(C)Cc1cccc(/C=C/c2n[nH]c3cc(-c4ccnc(N)n4)ccc23)c1. The maximum Gasteiger partial charge on any atom is 0.220 e. The molecule has 140 valence electrons. The molecule has 0 aliphatic rings. The summed E-state index contributed by atoms with van der Waals surface area (Å²) in [6.07, 6.45) is 5.79. The number of nitrogen functional groups attached to an aromatic ring is 1. The Kier molecular flexibility index (Phi) is 4.87. The van der Waals surface area contributed by atoms with Gasteiger partial charge in [0.1, 0.15) is 0 Å². The Morgan fingerprint density at radius 1 is 1.07 bits per heavy atom. The Morgan fingerprint density at radius 2 is 1.96 bits per heavy atom. The van der Waals surface area contributed by atoms with Crippen LogP contribution in [0.5, 0.6) is 0 Å². The molecule has 0 atom stereocenters. The highest BCUT2D eigenvalue weighted by Crippen LogP contribution is 2.25. The van der Waals surface area contributed by atoms with Crippen molar-refractivity contribution in [3.05, 3.63) is 71.5 Å². The minimum atomic E-state index is 0.266. The van der Waals surface area contributed by atoms with Gasteiger partial charge < -0.3 is 10.6 Å². The maximum absolute atomic E-state index is 5.69. The summed E-state index contributed by atoms with van der Waals surface area (Å²) < 4.78 is 0. The minimum absolute atomic E-state index is 0.266. The molecule has 0 amide bonds. The lowest BCUT2D eigenvalue weighted by atomic mass is 10.1. The van der Waals surface area contributed by atoms with Gasteiger partial charge in [0, 0.05) is 23.7 Å². The molecular weight excluding hydrogens is 348 g/mol. The average molecular weight is 370 g/mol. The number of H-pyrrole nitrogens is 1. The highest BCUT2D eigenvalue weighted by Gasteiger charge is 2.07. The van der Waals surface area contributed by atoms with Crippen LogP contribution >= 0.6 is 0 Å². The highest BCUT2D eigenvalue weighted by atomic mass is 15.1. The molecule has 2 aromatic carbocycles. The van der Waals surface area contributed by atoms with Gasteiger partial charge in [-0.3, -0.25) is 5.10 Å². The molecular formula is C22H22N6. The fourth-order valence-electron chi connectivity index (χ4n) is 3.20. The molecule has 0 unspecified atom stereocenters. The summed E-state index contributed by atoms with van der Waals surface area (Å²) in [4.78, 5) is 10.4. The molecule has 0 saturated carbocycles. The molecule has 0 spiro atoms. The first kappa shape index (κ1) is 17.9. The molecule has 2 heterocycles. The van der Waals surface area contributed by atoms with E-state index < -0.39 is 0 Å². The van der Waals surface area contributed by atoms with Crippen LogP contribution in [0.25, 0.3) is 34.3 Å². The van der Waals surface area contributed by atoms with Crippen LogP contribution in [0.3, 0.4) is 0 Å². The van der Waals surface area contributed by atoms with Crippen LogP contribution in [0.4, 0.5) is 5.95 Å². The van der Waals surface area contributed by atoms with Crippen molar-refractivity contribution in [1.82, 2.24) is 25.1 Å². The second-order valence-electron chi connectivity index (χ2n) is 6.99. The lowest BCUT2D eigenvalue weighted by Gasteiger charge is -2.09. The summed E-state index contributed by atoms with van der Waals surface area (Å²) in [6, 6.07) is 16.5. The monoisotopic (exact) mass is 370 g/mol. The number of nitrogens with two attached hydrogens (primary N) is 1. The van der Waals surface area contributed by atoms with E-state index in [1.54, 1.807) is 6.20 Å². The Bertz CT molecular complexity index is 1140. The van der Waals surface area contributed by atoms with Crippen LogP contribution < -0.4 is 5.73 Å². The van der Waals surface area contributed by atoms with Crippen LogP contribution in [0.15, 0.2) is 54.7 Å². The number of fused-ring (bicyclic) bond motifs is 1. The molecule has 28 heavy (non-hydrogen) atoms. The van der Waals surface area contributed by atoms with E-state index in [4.69, 9.17) is 5.73 Å². The quantitative estimate of drug-likeness (QED) is 0.558. The Balaban J connectivity index is 1.61. The van der Waals surface area contributed by atoms with Gasteiger partial charge in [-0.25, -0.2) is 9.97 Å². The average Bonchev–Trinajstić information content (AvgIpc) is 3.08. The van der Waals surface area contributed by atoms with E-state index in [1.807, 2.05) is 24.3 Å². The third-order valence-corrected chi connectivity index (χ3v) is 4.45. The van der Waals surface area contributed by atoms with Crippen LogP contribution in [0.1, 0.15) is 16.8 Å². The second-order valence-corrected chi connectivity index (χ2v) is 6.99. The Labute approximate surface area is 163 Å². The van der Waals surface area contributed by atoms with Crippen molar-refractivity contribution < 1.29 is 0 Å². The van der Waals surface area contributed by atoms with Gasteiger partial charge >= 0.3 is 0 Å². The van der Waals surface area contributed by atoms with Crippen molar-refractivity contribution in [3.8, 4) is 11.3 Å². The van der Waals surface area contributed by atoms with Crippen molar-refractivity contribution in [1.29, 1.82) is 0 Å². The number of hydrogen-bond donors (Lipinski definition) is 2. The summed E-state index contributed by atoms with van der Waals surface area (Å²) in [5.74, 6) is 0.266. The van der Waals surface area contributed by atoms with E-state index in [-0.39, 0.29) is 5.95 Å². The number of anilines is 1. The lowest BCUT2D eigenvalue weighted by Crippen LogP contribution is -2.10. The molecule has 6 nitrogen and oxygen atoms in total. The number of nitrogens with one attached hydrogen (secondary N) is 1. The largest absolute Gasteiger partial charge is 0.368 e. The second kappa shape index (κ2) is 7.62. The van der Waals surface area contributed by atoms with Crippen molar-refractivity contribution >= 4 is 29.0 Å². The van der Waals surface area contributed by atoms with Gasteiger partial charge in [0.05, 0.1) is 16.9 Å². The smallest absolute Gasteiger partial charge is 0.220 e. The van der Waals surface area contributed by atoms with Gasteiger partial charge in [-0.05, 0) is 49.5 Å². The predicted molar refractivity (Wildman–Crippen MR) is 114 cm³/mol. The van der Waals surface area contributed by atoms with Crippen molar-refractivity contribution in [3.63, 3.8) is 0 Å². The molecule has 0 bridgehead atoms. The summed E-state index contributed by atoms with van der Waals surface area (Å²) in [6.45, 7) is 0.920. The van der Waals surface area contributed by atoms with Gasteiger partial charge in [0.15, 0.2) is 0 Å². The number of nitrogens with zero attached hydrogens (tertiary/aromatic N) is 4. The summed E-state index contributed by atoms with van der Waals surface area (Å²) >= 11 is 0. The van der Waals surface area contributed by atoms with Gasteiger partial charge in [-0.1, -0.05) is 36.4 Å². The van der Waals surface area contributed by atoms with Gasteiger partial charge in [-0.2, -0.15) is 5.10 Å². The fraction of sp³-hybridized carbons (Fsp3) is 0.136. The molecule has 0 aliphatic heterocycles. The van der Waals surface area contributed by atoms with Crippen molar-refractivity contribution in [2.45, 2.75) is 6.54 Å². The standard InChI is InChI=1S/C22H22N6/c1-28(2)14-16-5-3-4-15(12-16)6-9-20-18-8-7-17(13-21(18)27-26-20)19-10-11-24-22(23)25-19/h3-13H,14H2,1-2H3,(H,26,27)(H2,23,24,25)/b9-6+. The van der Waals surface area contributed by atoms with E-state index >= 15 is 0 Å². The molecule has 6 heteroatoms. The first-order valence-electron chi connectivity index (χ1n) is 9.07. The van der Waals surface area contributed by atoms with Crippen LogP contribution in [0.2, 0.25) is 0 Å². The highest BCUT2D eigenvalue weighted by molar-refractivity contribution is 5.91. The maximum atomic E-state index is 5.69. The number of benzene rings is 2. The zero-order chi connectivity index (χ0) is 19.5. The van der Waals surface area contributed by atoms with E-state index in [0.717, 1.165) is 40.0 Å². The van der Waals surface area contributed by atoms with E-state index in [0.29, 0.717) is 0 Å². The molecule has 4 rings (SSSR count). The third-order valence-electron chi connectivity index (χ3n) is 4.45. The molecule has 0 fully saturated rings. The lowest BCUT2D eigenvalue weighted by molar-refractivity contribution is 0.402. The van der Waals surface area contributed by atoms with Crippen LogP contribution in [-0.4, -0.2) is 39.2 Å². The fourth-order valence-corrected chi connectivity index (χ4v) is 3.20. The molecule has 4 aromatic rings. The number of aromatic nitrogens is 4. The van der Waals surface area contributed by atoms with E-state index in [9.17, 15) is 0 Å². The molecule has 0 aliphatic carbocycles. The molecule has 3 N–H and O–H groups in total. The van der Waals surface area contributed by atoms with Crippen molar-refractivity contribution in [2.75, 3.05) is 19.8 Å². The Hall–Kier alpha value is -3.51. The van der Waals surface area contributed by atoms with Gasteiger partial charge in [0.25, 0.3) is 0 Å². The van der Waals surface area contributed by atoms with Gasteiger partial charge in [0.2, 0.25) is 5.95 Å². The predicted octanol–water partition coefficient (Wildman–Crippen LogP) is 3.83. The van der Waals surface area contributed by atoms with Crippen molar-refractivity contribution in [2.24, 2.45) is 0 Å². The summed E-state index contributed by atoms with van der Waals surface area (Å²) in [5, 5.41) is 8.62. The van der Waals surface area contributed by atoms with Crippen LogP contribution in [-0.2, 0) is 6.54 Å². The van der Waals surface area contributed by atoms with Crippen LogP contribution in [0, 0.1) is 0 Å². The van der Waals surface area contributed by atoms with Gasteiger partial charge in [-0.15, -0.1) is 0 Å². The molecule has 0 radical (unpaired) electrons.